The number of aliphatic imine (C=N–C) groups is 1. The number of nitrogens with zero attached hydrogens (tertiary/aromatic N) is 1. The van der Waals surface area contributed by atoms with Gasteiger partial charge in [-0.1, -0.05) is 0 Å². The second-order valence-corrected chi connectivity index (χ2v) is 6.70. The number of halogens is 1. The monoisotopic (exact) mass is 274 g/mol. The standard InChI is InChI=1S/C13H22N2S.ClH/c14-12(7-16)15-8-13-4-9-1-10(5-13)3-11(2-9)6-13;/h9-11,16H,1-8H2,(H2,14,15);1H. The quantitative estimate of drug-likeness (QED) is 0.464. The molecule has 0 unspecified atom stereocenters. The third kappa shape index (κ3) is 2.60. The first kappa shape index (κ1) is 13.5. The predicted octanol–water partition coefficient (Wildman–Crippen LogP) is 2.91. The molecular weight excluding hydrogens is 252 g/mol. The van der Waals surface area contributed by atoms with E-state index < -0.39 is 0 Å². The Morgan fingerprint density at radius 1 is 1.12 bits per heavy atom. The molecule has 2 nitrogen and oxygen atoms in total. The molecule has 4 fully saturated rings. The smallest absolute Gasteiger partial charge is 0.103 e. The molecule has 17 heavy (non-hydrogen) atoms. The van der Waals surface area contributed by atoms with Crippen LogP contribution in [0.15, 0.2) is 4.99 Å². The fourth-order valence-electron chi connectivity index (χ4n) is 4.80. The van der Waals surface area contributed by atoms with Crippen molar-refractivity contribution in [1.82, 2.24) is 0 Å². The summed E-state index contributed by atoms with van der Waals surface area (Å²) >= 11 is 4.17. The maximum Gasteiger partial charge on any atom is 0.103 e. The number of rotatable bonds is 3. The Kier molecular flexibility index (Phi) is 3.99. The maximum absolute atomic E-state index is 5.78. The molecule has 0 aromatic rings. The van der Waals surface area contributed by atoms with Crippen molar-refractivity contribution in [2.24, 2.45) is 33.9 Å². The molecule has 4 rings (SSSR count). The van der Waals surface area contributed by atoms with Gasteiger partial charge in [0, 0.05) is 12.3 Å². The maximum atomic E-state index is 5.78. The van der Waals surface area contributed by atoms with Gasteiger partial charge in [-0.2, -0.15) is 12.6 Å². The highest BCUT2D eigenvalue weighted by atomic mass is 35.5. The third-order valence-corrected chi connectivity index (χ3v) is 5.27. The normalized spacial score (nSPS) is 43.6. The zero-order chi connectivity index (χ0) is 11.2. The fraction of sp³-hybridized carbons (Fsp3) is 0.923. The molecule has 0 aliphatic heterocycles. The molecular formula is C13H23ClN2S. The van der Waals surface area contributed by atoms with Crippen molar-refractivity contribution in [3.63, 3.8) is 0 Å². The number of amidine groups is 1. The Morgan fingerprint density at radius 2 is 1.59 bits per heavy atom. The van der Waals surface area contributed by atoms with Crippen molar-refractivity contribution in [3.8, 4) is 0 Å². The Morgan fingerprint density at radius 3 is 2.00 bits per heavy atom. The van der Waals surface area contributed by atoms with Gasteiger partial charge in [0.25, 0.3) is 0 Å². The van der Waals surface area contributed by atoms with Gasteiger partial charge in [0.15, 0.2) is 0 Å². The van der Waals surface area contributed by atoms with E-state index >= 15 is 0 Å². The summed E-state index contributed by atoms with van der Waals surface area (Å²) in [6.45, 7) is 0.975. The second kappa shape index (κ2) is 5.00. The molecule has 4 aliphatic rings. The molecule has 4 aliphatic carbocycles. The zero-order valence-electron chi connectivity index (χ0n) is 10.3. The molecule has 0 spiro atoms. The molecule has 4 bridgehead atoms. The van der Waals surface area contributed by atoms with E-state index in [-0.39, 0.29) is 12.4 Å². The van der Waals surface area contributed by atoms with Gasteiger partial charge < -0.3 is 5.73 Å². The number of hydrogen-bond acceptors (Lipinski definition) is 2. The van der Waals surface area contributed by atoms with E-state index in [0.717, 1.165) is 30.1 Å². The minimum absolute atomic E-state index is 0. The summed E-state index contributed by atoms with van der Waals surface area (Å²) < 4.78 is 0. The Hall–Kier alpha value is 0.110. The van der Waals surface area contributed by atoms with E-state index in [2.05, 4.69) is 17.6 Å². The van der Waals surface area contributed by atoms with Crippen LogP contribution in [0.5, 0.6) is 0 Å². The largest absolute Gasteiger partial charge is 0.387 e. The molecule has 4 heteroatoms. The van der Waals surface area contributed by atoms with Crippen LogP contribution in [0.2, 0.25) is 0 Å². The van der Waals surface area contributed by atoms with Crippen LogP contribution in [0.4, 0.5) is 0 Å². The van der Waals surface area contributed by atoms with Crippen molar-refractivity contribution in [3.05, 3.63) is 0 Å². The average molecular weight is 275 g/mol. The van der Waals surface area contributed by atoms with Gasteiger partial charge in [-0.25, -0.2) is 0 Å². The van der Waals surface area contributed by atoms with Crippen molar-refractivity contribution in [2.75, 3.05) is 12.3 Å². The lowest BCUT2D eigenvalue weighted by molar-refractivity contribution is -0.0465. The first-order valence-electron chi connectivity index (χ1n) is 6.59. The SMILES string of the molecule is Cl.NC(CS)=NCC12CC3CC(CC(C3)C1)C2. The molecule has 0 atom stereocenters. The van der Waals surface area contributed by atoms with Crippen LogP contribution in [-0.2, 0) is 0 Å². The minimum atomic E-state index is 0. The molecule has 0 amide bonds. The van der Waals surface area contributed by atoms with Gasteiger partial charge in [-0.15, -0.1) is 12.4 Å². The van der Waals surface area contributed by atoms with E-state index in [4.69, 9.17) is 5.73 Å². The van der Waals surface area contributed by atoms with Crippen LogP contribution >= 0.6 is 25.0 Å². The minimum Gasteiger partial charge on any atom is -0.387 e. The van der Waals surface area contributed by atoms with E-state index in [1.54, 1.807) is 0 Å². The molecule has 98 valence electrons. The van der Waals surface area contributed by atoms with Gasteiger partial charge in [-0.05, 0) is 61.7 Å². The average Bonchev–Trinajstić information content (AvgIpc) is 2.24. The molecule has 2 N–H and O–H groups in total. The Balaban J connectivity index is 0.00000108. The highest BCUT2D eigenvalue weighted by Gasteiger charge is 2.50. The fourth-order valence-corrected chi connectivity index (χ4v) is 4.90. The van der Waals surface area contributed by atoms with Crippen molar-refractivity contribution in [2.45, 2.75) is 38.5 Å². The predicted molar refractivity (Wildman–Crippen MR) is 78.2 cm³/mol. The first-order valence-corrected chi connectivity index (χ1v) is 7.22. The van der Waals surface area contributed by atoms with Gasteiger partial charge in [0.2, 0.25) is 0 Å². The van der Waals surface area contributed by atoms with Crippen LogP contribution < -0.4 is 5.73 Å². The van der Waals surface area contributed by atoms with Gasteiger partial charge in [0.1, 0.15) is 5.84 Å². The van der Waals surface area contributed by atoms with E-state index in [9.17, 15) is 0 Å². The zero-order valence-corrected chi connectivity index (χ0v) is 12.0. The van der Waals surface area contributed by atoms with Crippen molar-refractivity contribution >= 4 is 30.9 Å². The number of nitrogens with two attached hydrogens (primary N) is 1. The molecule has 0 saturated heterocycles. The van der Waals surface area contributed by atoms with E-state index in [1.165, 1.54) is 38.5 Å². The molecule has 0 aromatic carbocycles. The summed E-state index contributed by atoms with van der Waals surface area (Å²) in [4.78, 5) is 4.55. The molecule has 0 radical (unpaired) electrons. The van der Waals surface area contributed by atoms with Gasteiger partial charge in [0.05, 0.1) is 0 Å². The van der Waals surface area contributed by atoms with Crippen LogP contribution in [0, 0.1) is 23.2 Å². The number of hydrogen-bond donors (Lipinski definition) is 2. The van der Waals surface area contributed by atoms with E-state index in [0.29, 0.717) is 11.2 Å². The topological polar surface area (TPSA) is 38.4 Å². The van der Waals surface area contributed by atoms with Crippen molar-refractivity contribution < 1.29 is 0 Å². The van der Waals surface area contributed by atoms with Gasteiger partial charge >= 0.3 is 0 Å². The third-order valence-electron chi connectivity index (χ3n) is 4.94. The molecule has 0 aromatic heterocycles. The molecule has 0 heterocycles. The summed E-state index contributed by atoms with van der Waals surface area (Å²) in [5.41, 5.74) is 6.31. The van der Waals surface area contributed by atoms with Crippen LogP contribution in [0.3, 0.4) is 0 Å². The Bertz CT molecular complexity index is 281. The lowest BCUT2D eigenvalue weighted by atomic mass is 9.49. The first-order chi connectivity index (χ1) is 7.69. The van der Waals surface area contributed by atoms with Gasteiger partial charge in [-0.3, -0.25) is 4.99 Å². The van der Waals surface area contributed by atoms with E-state index in [1.807, 2.05) is 0 Å². The highest BCUT2D eigenvalue weighted by Crippen LogP contribution is 2.60. The summed E-state index contributed by atoms with van der Waals surface area (Å²) in [6, 6.07) is 0. The Labute approximate surface area is 116 Å². The van der Waals surface area contributed by atoms with Crippen molar-refractivity contribution in [1.29, 1.82) is 0 Å². The molecule has 4 saturated carbocycles. The van der Waals surface area contributed by atoms with Crippen LogP contribution in [-0.4, -0.2) is 18.1 Å². The second-order valence-electron chi connectivity index (χ2n) is 6.38. The van der Waals surface area contributed by atoms with Crippen LogP contribution in [0.25, 0.3) is 0 Å². The summed E-state index contributed by atoms with van der Waals surface area (Å²) in [7, 11) is 0. The summed E-state index contributed by atoms with van der Waals surface area (Å²) in [5, 5.41) is 0. The lowest BCUT2D eigenvalue weighted by Crippen LogP contribution is -2.47. The summed E-state index contributed by atoms with van der Waals surface area (Å²) in [6.07, 6.45) is 8.77. The lowest BCUT2D eigenvalue weighted by Gasteiger charge is -2.56. The van der Waals surface area contributed by atoms with Crippen LogP contribution in [0.1, 0.15) is 38.5 Å². The number of thiol groups is 1. The highest BCUT2D eigenvalue weighted by molar-refractivity contribution is 7.81. The summed E-state index contributed by atoms with van der Waals surface area (Å²) in [5.74, 6) is 4.36.